The molecule has 7 nitrogen and oxygen atoms in total. The third-order valence-electron chi connectivity index (χ3n) is 2.60. The van der Waals surface area contributed by atoms with E-state index in [-0.39, 0.29) is 22.8 Å². The molecule has 0 saturated heterocycles. The van der Waals surface area contributed by atoms with Crippen LogP contribution in [0.25, 0.3) is 0 Å². The van der Waals surface area contributed by atoms with Crippen LogP contribution in [0.4, 0.5) is 5.69 Å². The maximum atomic E-state index is 10.8. The number of nitrogens with zero attached hydrogens (tertiary/aromatic N) is 2. The maximum absolute atomic E-state index is 10.8. The van der Waals surface area contributed by atoms with Crippen molar-refractivity contribution >= 4 is 27.5 Å². The van der Waals surface area contributed by atoms with Crippen LogP contribution < -0.4 is 10.5 Å². The molecule has 0 bridgehead atoms. The van der Waals surface area contributed by atoms with Crippen molar-refractivity contribution in [3.05, 3.63) is 62.6 Å². The van der Waals surface area contributed by atoms with Gasteiger partial charge in [-0.25, -0.2) is 0 Å². The summed E-state index contributed by atoms with van der Waals surface area (Å²) in [6.07, 6.45) is 0. The lowest BCUT2D eigenvalue weighted by Gasteiger charge is -2.10. The van der Waals surface area contributed by atoms with Crippen molar-refractivity contribution in [2.75, 3.05) is 0 Å². The first-order valence-electron chi connectivity index (χ1n) is 5.71. The standard InChI is InChI=1S/C13H10BrN3O4/c14-8-1-4-10(5-2-8)21-12-6-3-9(17(19)20)7-11(12)13(15)16-18/h1-7,18H,(H2,15,16). The Morgan fingerprint density at radius 2 is 1.95 bits per heavy atom. The average molecular weight is 352 g/mol. The van der Waals surface area contributed by atoms with Gasteiger partial charge in [-0.05, 0) is 30.3 Å². The van der Waals surface area contributed by atoms with Crippen molar-refractivity contribution in [1.29, 1.82) is 0 Å². The minimum Gasteiger partial charge on any atom is -0.457 e. The molecule has 21 heavy (non-hydrogen) atoms. The first-order valence-corrected chi connectivity index (χ1v) is 6.50. The lowest BCUT2D eigenvalue weighted by molar-refractivity contribution is -0.384. The monoisotopic (exact) mass is 351 g/mol. The maximum Gasteiger partial charge on any atom is 0.270 e. The number of hydrogen-bond donors (Lipinski definition) is 2. The zero-order valence-electron chi connectivity index (χ0n) is 10.6. The van der Waals surface area contributed by atoms with Crippen LogP contribution in [0.5, 0.6) is 11.5 Å². The Bertz CT molecular complexity index is 701. The van der Waals surface area contributed by atoms with Gasteiger partial charge in [0.05, 0.1) is 10.5 Å². The molecule has 2 rings (SSSR count). The minimum absolute atomic E-state index is 0.134. The van der Waals surface area contributed by atoms with Gasteiger partial charge in [0.2, 0.25) is 0 Å². The van der Waals surface area contributed by atoms with Gasteiger partial charge in [-0.15, -0.1) is 0 Å². The summed E-state index contributed by atoms with van der Waals surface area (Å²) in [7, 11) is 0. The Morgan fingerprint density at radius 3 is 2.52 bits per heavy atom. The smallest absolute Gasteiger partial charge is 0.270 e. The lowest BCUT2D eigenvalue weighted by atomic mass is 10.1. The molecule has 0 aliphatic carbocycles. The number of nitro benzene ring substituents is 1. The molecular weight excluding hydrogens is 342 g/mol. The zero-order valence-corrected chi connectivity index (χ0v) is 12.1. The molecule has 108 valence electrons. The largest absolute Gasteiger partial charge is 0.457 e. The normalized spacial score (nSPS) is 11.2. The van der Waals surface area contributed by atoms with Gasteiger partial charge >= 0.3 is 0 Å². The molecule has 0 atom stereocenters. The molecule has 2 aromatic carbocycles. The van der Waals surface area contributed by atoms with Crippen LogP contribution in [0.3, 0.4) is 0 Å². The summed E-state index contributed by atoms with van der Waals surface area (Å²) in [4.78, 5) is 10.2. The van der Waals surface area contributed by atoms with Gasteiger partial charge in [-0.3, -0.25) is 10.1 Å². The first-order chi connectivity index (χ1) is 10.0. The predicted molar refractivity (Wildman–Crippen MR) is 79.8 cm³/mol. The highest BCUT2D eigenvalue weighted by Crippen LogP contribution is 2.29. The van der Waals surface area contributed by atoms with Crippen molar-refractivity contribution in [2.45, 2.75) is 0 Å². The van der Waals surface area contributed by atoms with Crippen LogP contribution in [0.2, 0.25) is 0 Å². The number of rotatable bonds is 4. The van der Waals surface area contributed by atoms with Crippen LogP contribution in [0.1, 0.15) is 5.56 Å². The summed E-state index contributed by atoms with van der Waals surface area (Å²) < 4.78 is 6.49. The molecular formula is C13H10BrN3O4. The topological polar surface area (TPSA) is 111 Å². The number of benzene rings is 2. The molecule has 0 fully saturated rings. The van der Waals surface area contributed by atoms with E-state index >= 15 is 0 Å². The summed E-state index contributed by atoms with van der Waals surface area (Å²) in [6.45, 7) is 0. The molecule has 0 saturated carbocycles. The number of oxime groups is 1. The second kappa shape index (κ2) is 6.23. The molecule has 0 heterocycles. The number of nitro groups is 1. The Hall–Kier alpha value is -2.61. The van der Waals surface area contributed by atoms with E-state index < -0.39 is 4.92 Å². The summed E-state index contributed by atoms with van der Waals surface area (Å²) in [6, 6.07) is 10.8. The number of halogens is 1. The quantitative estimate of drug-likeness (QED) is 0.288. The second-order valence-electron chi connectivity index (χ2n) is 3.98. The third-order valence-corrected chi connectivity index (χ3v) is 3.13. The number of hydrogen-bond acceptors (Lipinski definition) is 5. The summed E-state index contributed by atoms with van der Waals surface area (Å²) in [5.41, 5.74) is 5.48. The van der Waals surface area contributed by atoms with Crippen LogP contribution in [0, 0.1) is 10.1 Å². The molecule has 8 heteroatoms. The molecule has 0 aromatic heterocycles. The van der Waals surface area contributed by atoms with Gasteiger partial charge in [-0.2, -0.15) is 0 Å². The third kappa shape index (κ3) is 3.48. The summed E-state index contributed by atoms with van der Waals surface area (Å²) >= 11 is 3.30. The van der Waals surface area contributed by atoms with E-state index in [1.807, 2.05) is 0 Å². The van der Waals surface area contributed by atoms with Crippen LogP contribution in [0.15, 0.2) is 52.1 Å². The van der Waals surface area contributed by atoms with Crippen LogP contribution >= 0.6 is 15.9 Å². The number of amidine groups is 1. The second-order valence-corrected chi connectivity index (χ2v) is 4.89. The van der Waals surface area contributed by atoms with Gasteiger partial charge in [0.25, 0.3) is 5.69 Å². The van der Waals surface area contributed by atoms with E-state index in [2.05, 4.69) is 21.1 Å². The fourth-order valence-electron chi connectivity index (χ4n) is 1.60. The van der Waals surface area contributed by atoms with Crippen molar-refractivity contribution in [2.24, 2.45) is 10.9 Å². The van der Waals surface area contributed by atoms with Crippen LogP contribution in [-0.4, -0.2) is 16.0 Å². The van der Waals surface area contributed by atoms with E-state index in [1.54, 1.807) is 24.3 Å². The Labute approximate surface area is 127 Å². The Kier molecular flexibility index (Phi) is 4.39. The molecule has 0 unspecified atom stereocenters. The van der Waals surface area contributed by atoms with E-state index in [4.69, 9.17) is 15.7 Å². The zero-order chi connectivity index (χ0) is 15.4. The van der Waals surface area contributed by atoms with Crippen molar-refractivity contribution in [1.82, 2.24) is 0 Å². The fraction of sp³-hybridized carbons (Fsp3) is 0. The molecule has 0 aliphatic heterocycles. The van der Waals surface area contributed by atoms with Gasteiger partial charge in [0, 0.05) is 16.6 Å². The minimum atomic E-state index is -0.572. The number of non-ortho nitro benzene ring substituents is 1. The molecule has 0 amide bonds. The van der Waals surface area contributed by atoms with E-state index in [1.165, 1.54) is 18.2 Å². The Morgan fingerprint density at radius 1 is 1.29 bits per heavy atom. The first kappa shape index (κ1) is 14.8. The molecule has 3 N–H and O–H groups in total. The number of ether oxygens (including phenoxy) is 1. The van der Waals surface area contributed by atoms with Crippen LogP contribution in [-0.2, 0) is 0 Å². The van der Waals surface area contributed by atoms with Crippen molar-refractivity contribution in [3.8, 4) is 11.5 Å². The van der Waals surface area contributed by atoms with E-state index in [0.29, 0.717) is 5.75 Å². The van der Waals surface area contributed by atoms with E-state index in [0.717, 1.165) is 4.47 Å². The highest BCUT2D eigenvalue weighted by molar-refractivity contribution is 9.10. The highest BCUT2D eigenvalue weighted by atomic mass is 79.9. The Balaban J connectivity index is 2.42. The van der Waals surface area contributed by atoms with Gasteiger partial charge in [0.1, 0.15) is 11.5 Å². The summed E-state index contributed by atoms with van der Waals surface area (Å²) in [5, 5.41) is 22.4. The lowest BCUT2D eigenvalue weighted by Crippen LogP contribution is -2.14. The average Bonchev–Trinajstić information content (AvgIpc) is 2.49. The SMILES string of the molecule is NC(=NO)c1cc([N+](=O)[O-])ccc1Oc1ccc(Br)cc1. The fourth-order valence-corrected chi connectivity index (χ4v) is 1.87. The van der Waals surface area contributed by atoms with Gasteiger partial charge in [0.15, 0.2) is 5.84 Å². The molecule has 0 radical (unpaired) electrons. The number of nitrogens with two attached hydrogens (primary N) is 1. The molecule has 2 aromatic rings. The summed E-state index contributed by atoms with van der Waals surface area (Å²) in [5.74, 6) is 0.489. The van der Waals surface area contributed by atoms with E-state index in [9.17, 15) is 10.1 Å². The molecule has 0 aliphatic rings. The van der Waals surface area contributed by atoms with Crippen molar-refractivity contribution in [3.63, 3.8) is 0 Å². The predicted octanol–water partition coefficient (Wildman–Crippen LogP) is 3.24. The highest BCUT2D eigenvalue weighted by Gasteiger charge is 2.15. The van der Waals surface area contributed by atoms with Gasteiger partial charge in [-0.1, -0.05) is 21.1 Å². The van der Waals surface area contributed by atoms with Crippen molar-refractivity contribution < 1.29 is 14.9 Å². The molecule has 0 spiro atoms. The van der Waals surface area contributed by atoms with Gasteiger partial charge < -0.3 is 15.7 Å².